The molecule has 0 spiro atoms. The number of primary amides is 2. The van der Waals surface area contributed by atoms with Crippen LogP contribution in [0.3, 0.4) is 0 Å². The van der Waals surface area contributed by atoms with E-state index < -0.39 is 193 Å². The molecule has 5 heterocycles. The molecule has 12 atom stereocenters. The average Bonchev–Trinajstić information content (AvgIpc) is 1.65. The van der Waals surface area contributed by atoms with E-state index in [1.165, 1.54) is 59.9 Å². The van der Waals surface area contributed by atoms with Gasteiger partial charge in [-0.3, -0.25) is 86.7 Å². The predicted molar refractivity (Wildman–Crippen MR) is 457 cm³/mol. The normalized spacial score (nSPS) is 21.2. The van der Waals surface area contributed by atoms with Crippen molar-refractivity contribution >= 4 is 106 Å². The zero-order valence-corrected chi connectivity index (χ0v) is 70.6. The molecule has 43 heteroatoms. The van der Waals surface area contributed by atoms with Crippen LogP contribution < -0.4 is 97.8 Å². The van der Waals surface area contributed by atoms with E-state index in [2.05, 4.69) is 94.7 Å². The number of aromatic nitrogens is 7. The summed E-state index contributed by atoms with van der Waals surface area (Å²) in [5, 5.41) is 80.6. The number of H-pyrrole nitrogens is 1. The van der Waals surface area contributed by atoms with Gasteiger partial charge in [-0.15, -0.1) is 10.2 Å². The van der Waals surface area contributed by atoms with Crippen LogP contribution in [0.2, 0.25) is 0 Å². The van der Waals surface area contributed by atoms with E-state index in [4.69, 9.17) is 34.1 Å². The number of hydrogen-bond acceptors (Lipinski definition) is 23. The minimum Gasteiger partial charge on any atom is -0.508 e. The van der Waals surface area contributed by atoms with Crippen molar-refractivity contribution in [3.05, 3.63) is 126 Å². The van der Waals surface area contributed by atoms with Crippen molar-refractivity contribution in [1.29, 1.82) is 5.41 Å². The number of phenolic OH excluding ortho intramolecular Hbond substituents is 1. The Balaban J connectivity index is 1.13. The van der Waals surface area contributed by atoms with Crippen molar-refractivity contribution < 1.29 is 82.1 Å². The topological polar surface area (TPSA) is 684 Å². The number of guanidine groups is 1. The number of carboxylic acids is 1. The average molecular weight is 1750 g/mol. The van der Waals surface area contributed by atoms with Gasteiger partial charge in [0.2, 0.25) is 82.7 Å². The van der Waals surface area contributed by atoms with Crippen LogP contribution in [0.1, 0.15) is 158 Å². The lowest BCUT2D eigenvalue weighted by Crippen LogP contribution is -2.62. The smallest absolute Gasteiger partial charge is 0.305 e. The highest BCUT2D eigenvalue weighted by Gasteiger charge is 2.39. The largest absolute Gasteiger partial charge is 0.508 e. The van der Waals surface area contributed by atoms with E-state index in [0.29, 0.717) is 72.8 Å². The number of amides is 14. The molecule has 6 aromatic rings. The first-order valence-corrected chi connectivity index (χ1v) is 42.4. The summed E-state index contributed by atoms with van der Waals surface area (Å²) in [6, 6.07) is 3.02. The fraction of sp³-hybridized carbons (Fsp3) is 0.518. The number of para-hydroxylation sites is 1. The predicted octanol–water partition coefficient (Wildman–Crippen LogP) is -3.45. The van der Waals surface area contributed by atoms with Crippen molar-refractivity contribution in [2.75, 3.05) is 19.6 Å². The molecule has 0 saturated heterocycles. The molecule has 0 unspecified atom stereocenters. The maximum absolute atomic E-state index is 15.5. The first kappa shape index (κ1) is 98.0. The van der Waals surface area contributed by atoms with E-state index in [9.17, 15) is 48.6 Å². The van der Waals surface area contributed by atoms with Gasteiger partial charge < -0.3 is 113 Å². The monoisotopic (exact) mass is 1750 g/mol. The Kier molecular flexibility index (Phi) is 38.7. The van der Waals surface area contributed by atoms with Crippen molar-refractivity contribution in [3.63, 3.8) is 0 Å². The number of hydrogen-bond donors (Lipinski definition) is 22. The highest BCUT2D eigenvalue weighted by atomic mass is 16.4. The minimum absolute atomic E-state index is 0.00616. The molecule has 0 saturated carbocycles. The van der Waals surface area contributed by atoms with Crippen molar-refractivity contribution in [3.8, 4) is 5.75 Å². The SMILES string of the molecule is CC(C)[C@@H]1NC(=O)[C@H](Cc2ccccc2)NC(=O)[C@@H](NC(=O)[C@@H]2CCCCn3cc(nn3)C[C@H](NC(=O)CCCCCNC(=O)[C@@H](N)CCCCN)C(=O)N[C@@H](Cc3c[nH]c4ccccc34)C(=O)N[C@@H](CCCNC(=N)N)C(=O)N[C@@H](CCC(N)=O)C(=O)N2)Cc2cn(nn2)CCCC[C@@H](C(=O)N[C@@H](Cc2ccc(O)cc2)C(N)=O)NC(=O)[C@H](CC(=O)O)NC1=O. The third-order valence-electron chi connectivity index (χ3n) is 21.4. The van der Waals surface area contributed by atoms with Gasteiger partial charge >= 0.3 is 5.97 Å². The number of nitrogens with zero attached hydrogens (tertiary/aromatic N) is 6. The molecular formula is C83H118N26O17. The Morgan fingerprint density at radius 1 is 0.563 bits per heavy atom. The molecule has 3 aromatic carbocycles. The van der Waals surface area contributed by atoms with Gasteiger partial charge in [0.25, 0.3) is 0 Å². The van der Waals surface area contributed by atoms with Gasteiger partial charge in [0.15, 0.2) is 5.96 Å². The number of nitrogens with one attached hydrogen (secondary N) is 15. The van der Waals surface area contributed by atoms with Gasteiger partial charge in [-0.25, -0.2) is 0 Å². The summed E-state index contributed by atoms with van der Waals surface area (Å²) in [4.78, 5) is 218. The quantitative estimate of drug-likeness (QED) is 0.0108. The number of unbranched alkanes of at least 4 members (excludes halogenated alkanes) is 3. The molecule has 4 bridgehead atoms. The molecule has 0 fully saturated rings. The Morgan fingerprint density at radius 3 is 1.73 bits per heavy atom. The number of phenols is 1. The Labute approximate surface area is 726 Å². The summed E-state index contributed by atoms with van der Waals surface area (Å²) in [6.07, 6.45) is 4.43. The number of carbonyl (C=O) groups excluding carboxylic acids is 14. The van der Waals surface area contributed by atoms with E-state index in [-0.39, 0.29) is 126 Å². The van der Waals surface area contributed by atoms with Crippen LogP contribution in [0.25, 0.3) is 10.9 Å². The molecule has 126 heavy (non-hydrogen) atoms. The van der Waals surface area contributed by atoms with E-state index >= 15 is 33.6 Å². The third kappa shape index (κ3) is 32.3. The zero-order chi connectivity index (χ0) is 91.4. The highest BCUT2D eigenvalue weighted by molar-refractivity contribution is 6.01. The number of rotatable bonds is 33. The second kappa shape index (κ2) is 49.7. The summed E-state index contributed by atoms with van der Waals surface area (Å²) >= 11 is 0. The molecule has 0 aliphatic carbocycles. The molecule has 3 aromatic heterocycles. The summed E-state index contributed by atoms with van der Waals surface area (Å²) in [7, 11) is 0. The second-order valence-electron chi connectivity index (χ2n) is 31.9. The molecule has 2 aliphatic rings. The second-order valence-corrected chi connectivity index (χ2v) is 31.9. The lowest BCUT2D eigenvalue weighted by molar-refractivity contribution is -0.142. The Morgan fingerprint density at radius 2 is 1.12 bits per heavy atom. The number of aromatic hydroxyl groups is 1. The number of aryl methyl sites for hydroxylation is 2. The number of benzene rings is 3. The summed E-state index contributed by atoms with van der Waals surface area (Å²) in [6.45, 7) is 3.99. The molecular weight excluding hydrogens is 1630 g/mol. The fourth-order valence-corrected chi connectivity index (χ4v) is 14.4. The molecule has 682 valence electrons. The maximum Gasteiger partial charge on any atom is 0.305 e. The zero-order valence-electron chi connectivity index (χ0n) is 70.6. The van der Waals surface area contributed by atoms with E-state index in [1.807, 2.05) is 0 Å². The van der Waals surface area contributed by atoms with Crippen LogP contribution in [0.5, 0.6) is 5.75 Å². The van der Waals surface area contributed by atoms with Crippen molar-refractivity contribution in [2.45, 2.75) is 247 Å². The number of carboxylic acid groups (broad SMARTS) is 1. The van der Waals surface area contributed by atoms with Crippen LogP contribution in [0.4, 0.5) is 0 Å². The first-order chi connectivity index (χ1) is 60.3. The fourth-order valence-electron chi connectivity index (χ4n) is 14.4. The number of carbonyl (C=O) groups is 15. The number of aliphatic carboxylic acids is 1. The number of nitrogens with two attached hydrogens (primary N) is 5. The minimum atomic E-state index is -1.89. The van der Waals surface area contributed by atoms with Crippen LogP contribution in [-0.4, -0.2) is 232 Å². The van der Waals surface area contributed by atoms with Gasteiger partial charge in [0.05, 0.1) is 23.9 Å². The van der Waals surface area contributed by atoms with Gasteiger partial charge in [-0.1, -0.05) is 97.8 Å². The van der Waals surface area contributed by atoms with Gasteiger partial charge in [-0.05, 0) is 131 Å². The highest BCUT2D eigenvalue weighted by Crippen LogP contribution is 2.22. The molecule has 8 rings (SSSR count). The standard InChI is InChI=1S/C83H118N26O17/c1-47(2)70-82(126)102-66(43-69(113)114)80(124)95-57(74(118)98-61(71(87)115)38-49-27-29-53(110)30-28-49)23-11-15-37-109-46-52(105-107-109)42-65(79(123)99-62(81(125)103-70)39-48-18-5-3-6-19-48)101-75(119)58-24-12-16-36-108-45-51(104-106-108)41-64(93-68(112)26-7-4-14-34-90-72(116)55(85)21-10-13-33-84)78(122)100-63(40-50-44-92-56-22-9-8-20-54(50)56)77(121)96-59(25-17-35-91-83(88)89)73(117)97-60(76(120)94-58)31-32-67(86)111/h3,5-6,8-9,18-20,22,27-30,44-47,55,57-66,70,92,110H,4,7,10-17,21,23-26,31-43,84-85H2,1-2H3,(H2,86,111)(H2,87,115)(H,90,116)(H,93,112)(H,94,120)(H,95,124)(H,96,121)(H,97,117)(H,98,118)(H,99,123)(H,100,122)(H,101,119)(H,102,126)(H,103,125)(H,113,114)(H4,88,89,91)/t55-,57-,58-,59-,60-,61-,62-,63-,64-,65-,66-,70-/m0/s1. The summed E-state index contributed by atoms with van der Waals surface area (Å²) < 4.78 is 2.82. The molecule has 2 aliphatic heterocycles. The summed E-state index contributed by atoms with van der Waals surface area (Å²) in [5.74, 6) is -15.5. The molecule has 27 N–H and O–H groups in total. The number of fused-ring (bicyclic) bond motifs is 5. The van der Waals surface area contributed by atoms with E-state index in [1.54, 1.807) is 60.8 Å². The van der Waals surface area contributed by atoms with Gasteiger partial charge in [-0.2, -0.15) is 0 Å². The van der Waals surface area contributed by atoms with Crippen LogP contribution in [0.15, 0.2) is 97.5 Å². The Hall–Kier alpha value is -13.5. The van der Waals surface area contributed by atoms with Crippen LogP contribution >= 0.6 is 0 Å². The lowest BCUT2D eigenvalue weighted by Gasteiger charge is -2.29. The lowest BCUT2D eigenvalue weighted by atomic mass is 9.99. The number of aromatic amines is 1. The molecule has 0 radical (unpaired) electrons. The third-order valence-corrected chi connectivity index (χ3v) is 21.4. The summed E-state index contributed by atoms with van der Waals surface area (Å²) in [5.41, 5.74) is 31.3. The van der Waals surface area contributed by atoms with Gasteiger partial charge in [0.1, 0.15) is 72.2 Å². The molecule has 14 amide bonds. The van der Waals surface area contributed by atoms with E-state index in [0.717, 1.165) is 6.42 Å². The molecule has 43 nitrogen and oxygen atoms in total. The van der Waals surface area contributed by atoms with Crippen LogP contribution in [0, 0.1) is 11.3 Å². The Bertz CT molecular complexity index is 4730. The van der Waals surface area contributed by atoms with Crippen molar-refractivity contribution in [2.24, 2.45) is 34.6 Å². The van der Waals surface area contributed by atoms with Gasteiger partial charge in [0, 0.05) is 101 Å². The first-order valence-electron chi connectivity index (χ1n) is 42.4. The maximum atomic E-state index is 15.5. The van der Waals surface area contributed by atoms with Crippen molar-refractivity contribution in [1.82, 2.24) is 104 Å². The van der Waals surface area contributed by atoms with Crippen LogP contribution in [-0.2, 0) is 117 Å².